The summed E-state index contributed by atoms with van der Waals surface area (Å²) >= 11 is 6.19. The van der Waals surface area contributed by atoms with Crippen LogP contribution in [-0.2, 0) is 6.42 Å². The molecule has 0 bridgehead atoms. The third-order valence-electron chi connectivity index (χ3n) is 5.32. The number of methoxy groups -OCH3 is 1. The van der Waals surface area contributed by atoms with Crippen molar-refractivity contribution in [1.82, 2.24) is 9.88 Å². The highest BCUT2D eigenvalue weighted by Crippen LogP contribution is 2.30. The van der Waals surface area contributed by atoms with Crippen LogP contribution in [0.15, 0.2) is 48.5 Å². The van der Waals surface area contributed by atoms with Gasteiger partial charge in [0, 0.05) is 50.2 Å². The first-order valence-corrected chi connectivity index (χ1v) is 9.91. The minimum absolute atomic E-state index is 0.173. The number of hydrogen-bond donors (Lipinski definition) is 1. The fourth-order valence-electron chi connectivity index (χ4n) is 3.72. The van der Waals surface area contributed by atoms with Crippen LogP contribution in [0.3, 0.4) is 0 Å². The number of pyridine rings is 1. The van der Waals surface area contributed by atoms with E-state index in [9.17, 15) is 5.11 Å². The fourth-order valence-corrected chi connectivity index (χ4v) is 3.94. The average molecular weight is 398 g/mol. The average Bonchev–Trinajstić information content (AvgIpc) is 2.75. The van der Waals surface area contributed by atoms with Crippen LogP contribution in [0.4, 0.5) is 5.69 Å². The number of fused-ring (bicyclic) bond motifs is 1. The maximum Gasteiger partial charge on any atom is 0.142 e. The minimum atomic E-state index is 0.173. The first-order chi connectivity index (χ1) is 13.7. The molecular weight excluding hydrogens is 374 g/mol. The van der Waals surface area contributed by atoms with Crippen molar-refractivity contribution >= 4 is 28.2 Å². The van der Waals surface area contributed by atoms with E-state index in [0.29, 0.717) is 10.5 Å². The molecule has 0 aliphatic carbocycles. The Morgan fingerprint density at radius 1 is 1.04 bits per heavy atom. The highest BCUT2D eigenvalue weighted by molar-refractivity contribution is 6.35. The van der Waals surface area contributed by atoms with Crippen molar-refractivity contribution in [2.45, 2.75) is 6.42 Å². The predicted molar refractivity (Wildman–Crippen MR) is 114 cm³/mol. The van der Waals surface area contributed by atoms with Gasteiger partial charge >= 0.3 is 0 Å². The lowest BCUT2D eigenvalue weighted by molar-refractivity contribution is 0.259. The normalized spacial score (nSPS) is 15.1. The van der Waals surface area contributed by atoms with Gasteiger partial charge in [0.1, 0.15) is 17.0 Å². The number of nitrogens with zero attached hydrogens (tertiary/aromatic N) is 3. The molecule has 1 aliphatic rings. The molecule has 1 saturated heterocycles. The molecule has 0 saturated carbocycles. The molecule has 3 aromatic rings. The Labute approximate surface area is 170 Å². The lowest BCUT2D eigenvalue weighted by Crippen LogP contribution is -2.47. The molecule has 4 rings (SSSR count). The number of para-hydroxylation sites is 2. The molecule has 28 heavy (non-hydrogen) atoms. The van der Waals surface area contributed by atoms with Crippen molar-refractivity contribution in [3.63, 3.8) is 0 Å². The molecule has 1 aromatic heterocycles. The van der Waals surface area contributed by atoms with Gasteiger partial charge in [-0.15, -0.1) is 0 Å². The van der Waals surface area contributed by atoms with E-state index in [0.717, 1.165) is 61.7 Å². The zero-order chi connectivity index (χ0) is 19.5. The van der Waals surface area contributed by atoms with Crippen LogP contribution in [0.2, 0.25) is 5.02 Å². The van der Waals surface area contributed by atoms with E-state index >= 15 is 0 Å². The minimum Gasteiger partial charge on any atom is -0.506 e. The van der Waals surface area contributed by atoms with Crippen molar-refractivity contribution < 1.29 is 9.84 Å². The molecule has 1 N–H and O–H groups in total. The zero-order valence-corrected chi connectivity index (χ0v) is 16.7. The summed E-state index contributed by atoms with van der Waals surface area (Å²) in [5, 5.41) is 11.5. The van der Waals surface area contributed by atoms with E-state index in [1.165, 1.54) is 0 Å². The Balaban J connectivity index is 1.37. The number of piperazine rings is 1. The molecule has 0 atom stereocenters. The Kier molecular flexibility index (Phi) is 5.55. The number of aromatic hydroxyl groups is 1. The van der Waals surface area contributed by atoms with Gasteiger partial charge in [0.25, 0.3) is 0 Å². The first-order valence-electron chi connectivity index (χ1n) is 9.53. The van der Waals surface area contributed by atoms with Crippen LogP contribution in [0.5, 0.6) is 11.5 Å². The molecule has 1 aliphatic heterocycles. The maximum atomic E-state index is 10.1. The summed E-state index contributed by atoms with van der Waals surface area (Å²) in [7, 11) is 1.72. The van der Waals surface area contributed by atoms with Crippen molar-refractivity contribution in [2.24, 2.45) is 0 Å². The zero-order valence-electron chi connectivity index (χ0n) is 15.9. The lowest BCUT2D eigenvalue weighted by atomic mass is 10.1. The van der Waals surface area contributed by atoms with Gasteiger partial charge in [0.2, 0.25) is 0 Å². The summed E-state index contributed by atoms with van der Waals surface area (Å²) in [6.45, 7) is 4.90. The van der Waals surface area contributed by atoms with Crippen LogP contribution >= 0.6 is 11.6 Å². The standard InChI is InChI=1S/C22H24ClN3O2/c1-28-21-5-3-2-4-19(21)26-14-12-25(13-15-26)11-10-16-6-7-17-18(23)8-9-20(27)22(17)24-16/h2-9,27H,10-15H2,1H3. The Bertz CT molecular complexity index is 971. The smallest absolute Gasteiger partial charge is 0.142 e. The molecule has 5 nitrogen and oxygen atoms in total. The van der Waals surface area contributed by atoms with Crippen LogP contribution in [0.1, 0.15) is 5.69 Å². The number of halogens is 1. The Morgan fingerprint density at radius 3 is 2.61 bits per heavy atom. The number of hydrogen-bond acceptors (Lipinski definition) is 5. The SMILES string of the molecule is COc1ccccc1N1CCN(CCc2ccc3c(Cl)ccc(O)c3n2)CC1. The Hall–Kier alpha value is -2.50. The summed E-state index contributed by atoms with van der Waals surface area (Å²) < 4.78 is 5.49. The molecule has 2 heterocycles. The number of rotatable bonds is 5. The molecule has 1 fully saturated rings. The van der Waals surface area contributed by atoms with Crippen LogP contribution in [-0.4, -0.2) is 54.8 Å². The molecule has 2 aromatic carbocycles. The molecule has 6 heteroatoms. The number of ether oxygens (including phenoxy) is 1. The predicted octanol–water partition coefficient (Wildman–Crippen LogP) is 3.97. The van der Waals surface area contributed by atoms with Crippen molar-refractivity contribution in [3.05, 3.63) is 59.2 Å². The van der Waals surface area contributed by atoms with Crippen LogP contribution in [0.25, 0.3) is 10.9 Å². The van der Waals surface area contributed by atoms with Gasteiger partial charge in [-0.05, 0) is 36.4 Å². The summed E-state index contributed by atoms with van der Waals surface area (Å²) in [5.74, 6) is 1.10. The second-order valence-corrected chi connectivity index (χ2v) is 7.42. The summed E-state index contributed by atoms with van der Waals surface area (Å²) in [5.41, 5.74) is 2.71. The molecule has 0 amide bonds. The fraction of sp³-hybridized carbons (Fsp3) is 0.318. The van der Waals surface area contributed by atoms with E-state index in [-0.39, 0.29) is 5.75 Å². The van der Waals surface area contributed by atoms with Crippen LogP contribution in [0, 0.1) is 0 Å². The third kappa shape index (κ3) is 3.86. The van der Waals surface area contributed by atoms with E-state index in [2.05, 4.69) is 26.9 Å². The van der Waals surface area contributed by atoms with Crippen LogP contribution < -0.4 is 9.64 Å². The third-order valence-corrected chi connectivity index (χ3v) is 5.65. The summed E-state index contributed by atoms with van der Waals surface area (Å²) in [6, 6.07) is 15.4. The van der Waals surface area contributed by atoms with Gasteiger partial charge < -0.3 is 14.7 Å². The largest absolute Gasteiger partial charge is 0.506 e. The van der Waals surface area contributed by atoms with Gasteiger partial charge in [-0.25, -0.2) is 4.98 Å². The van der Waals surface area contributed by atoms with E-state index in [1.807, 2.05) is 24.3 Å². The topological polar surface area (TPSA) is 48.8 Å². The molecule has 0 unspecified atom stereocenters. The van der Waals surface area contributed by atoms with Gasteiger partial charge in [-0.2, -0.15) is 0 Å². The van der Waals surface area contributed by atoms with E-state index < -0.39 is 0 Å². The van der Waals surface area contributed by atoms with Crippen molar-refractivity contribution in [1.29, 1.82) is 0 Å². The quantitative estimate of drug-likeness (QED) is 0.706. The first kappa shape index (κ1) is 18.8. The maximum absolute atomic E-state index is 10.1. The van der Waals surface area contributed by atoms with Gasteiger partial charge in [0.15, 0.2) is 0 Å². The van der Waals surface area contributed by atoms with Crippen molar-refractivity contribution in [3.8, 4) is 11.5 Å². The number of benzene rings is 2. The van der Waals surface area contributed by atoms with E-state index in [1.54, 1.807) is 19.2 Å². The number of aromatic nitrogens is 1. The summed E-state index contributed by atoms with van der Waals surface area (Å²) in [6.07, 6.45) is 0.844. The Morgan fingerprint density at radius 2 is 1.82 bits per heavy atom. The second kappa shape index (κ2) is 8.25. The summed E-state index contributed by atoms with van der Waals surface area (Å²) in [4.78, 5) is 9.45. The lowest BCUT2D eigenvalue weighted by Gasteiger charge is -2.36. The number of anilines is 1. The molecular formula is C22H24ClN3O2. The molecule has 0 radical (unpaired) electrons. The molecule has 0 spiro atoms. The highest BCUT2D eigenvalue weighted by Gasteiger charge is 2.19. The van der Waals surface area contributed by atoms with Gasteiger partial charge in [-0.1, -0.05) is 23.7 Å². The van der Waals surface area contributed by atoms with Gasteiger partial charge in [0.05, 0.1) is 17.8 Å². The van der Waals surface area contributed by atoms with E-state index in [4.69, 9.17) is 16.3 Å². The number of phenols is 1. The monoisotopic (exact) mass is 397 g/mol. The molecule has 146 valence electrons. The number of phenolic OH excluding ortho intramolecular Hbond substituents is 1. The van der Waals surface area contributed by atoms with Gasteiger partial charge in [-0.3, -0.25) is 4.90 Å². The van der Waals surface area contributed by atoms with Crippen molar-refractivity contribution in [2.75, 3.05) is 44.7 Å². The second-order valence-electron chi connectivity index (χ2n) is 7.02. The highest BCUT2D eigenvalue weighted by atomic mass is 35.5.